The minimum atomic E-state index is 0.648. The van der Waals surface area contributed by atoms with E-state index in [0.29, 0.717) is 22.7 Å². The fourth-order valence-corrected chi connectivity index (χ4v) is 1.55. The van der Waals surface area contributed by atoms with Gasteiger partial charge in [0.15, 0.2) is 0 Å². The van der Waals surface area contributed by atoms with Crippen LogP contribution in [0.4, 0.5) is 22.7 Å². The highest BCUT2D eigenvalue weighted by Crippen LogP contribution is 2.23. The van der Waals surface area contributed by atoms with Gasteiger partial charge in [-0.2, -0.15) is 10.2 Å². The zero-order chi connectivity index (χ0) is 14.2. The van der Waals surface area contributed by atoms with Gasteiger partial charge in [0.25, 0.3) is 0 Å². The van der Waals surface area contributed by atoms with Gasteiger partial charge >= 0.3 is 0 Å². The Morgan fingerprint density at radius 1 is 0.450 bits per heavy atom. The Balaban J connectivity index is 2.08. The molecule has 0 aliphatic heterocycles. The number of halogens is 2. The molecule has 0 unspecified atom stereocenters. The summed E-state index contributed by atoms with van der Waals surface area (Å²) >= 11 is 10.3. The van der Waals surface area contributed by atoms with Crippen LogP contribution < -0.4 is 0 Å². The molecule has 8 heteroatoms. The van der Waals surface area contributed by atoms with Gasteiger partial charge in [-0.05, 0) is 48.5 Å². The van der Waals surface area contributed by atoms with Gasteiger partial charge in [0.1, 0.15) is 0 Å². The molecule has 2 aromatic rings. The molecule has 0 spiro atoms. The summed E-state index contributed by atoms with van der Waals surface area (Å²) in [5.74, 6) is 0. The molecular formula is C12H8Cl2N6. The van der Waals surface area contributed by atoms with Crippen LogP contribution in [0.25, 0.3) is 0 Å². The van der Waals surface area contributed by atoms with Crippen LogP contribution in [-0.4, -0.2) is 0 Å². The highest BCUT2D eigenvalue weighted by atomic mass is 35.5. The Labute approximate surface area is 125 Å². The van der Waals surface area contributed by atoms with E-state index < -0.39 is 0 Å². The van der Waals surface area contributed by atoms with Gasteiger partial charge in [-0.25, -0.2) is 0 Å². The molecule has 0 saturated carbocycles. The second kappa shape index (κ2) is 7.42. The van der Waals surface area contributed by atoms with E-state index in [-0.39, 0.29) is 0 Å². The fraction of sp³-hybridized carbons (Fsp3) is 0. The molecule has 6 nitrogen and oxygen atoms in total. The molecule has 2 rings (SSSR count). The van der Waals surface area contributed by atoms with Crippen molar-refractivity contribution < 1.29 is 0 Å². The largest absolute Gasteiger partial charge is 0.151 e. The summed E-state index contributed by atoms with van der Waals surface area (Å²) in [4.78, 5) is 0. The molecule has 0 saturated heterocycles. The lowest BCUT2D eigenvalue weighted by Crippen LogP contribution is -1.66. The minimum absolute atomic E-state index is 0.648. The van der Waals surface area contributed by atoms with Crippen molar-refractivity contribution in [3.8, 4) is 0 Å². The summed E-state index contributed by atoms with van der Waals surface area (Å²) in [6.07, 6.45) is 0. The molecule has 0 N–H and O–H groups in total. The number of benzene rings is 2. The van der Waals surface area contributed by atoms with Crippen molar-refractivity contribution in [2.24, 2.45) is 29.7 Å². The number of hydrogen-bond donors (Lipinski definition) is 0. The Kier molecular flexibility index (Phi) is 5.28. The van der Waals surface area contributed by atoms with E-state index in [1.807, 2.05) is 0 Å². The fourth-order valence-electron chi connectivity index (χ4n) is 1.37. The van der Waals surface area contributed by atoms with Crippen LogP contribution in [0.3, 0.4) is 0 Å². The van der Waals surface area contributed by atoms with E-state index in [1.165, 1.54) is 0 Å². The second-order valence-electron chi connectivity index (χ2n) is 3.58. The number of nitrogens with zero attached hydrogens (tertiary/aromatic N) is 6. The van der Waals surface area contributed by atoms with Crippen LogP contribution in [-0.2, 0) is 0 Å². The summed E-state index contributed by atoms with van der Waals surface area (Å²) in [5.41, 5.74) is 2.69. The van der Waals surface area contributed by atoms with Crippen LogP contribution in [0.2, 0.25) is 0 Å². The molecule has 0 aliphatic rings. The Morgan fingerprint density at radius 3 is 0.950 bits per heavy atom. The maximum Gasteiger partial charge on any atom is 0.0869 e. The average molecular weight is 307 g/mol. The van der Waals surface area contributed by atoms with E-state index in [0.717, 1.165) is 0 Å². The van der Waals surface area contributed by atoms with E-state index >= 15 is 0 Å². The first kappa shape index (κ1) is 14.2. The predicted octanol–water partition coefficient (Wildman–Crippen LogP) is 6.58. The van der Waals surface area contributed by atoms with Gasteiger partial charge in [-0.1, -0.05) is 9.27 Å². The quantitative estimate of drug-likeness (QED) is 0.572. The first-order chi connectivity index (χ1) is 9.81. The molecule has 0 heterocycles. The molecule has 0 aromatic heterocycles. The molecule has 2 aromatic carbocycles. The van der Waals surface area contributed by atoms with Gasteiger partial charge in [0.05, 0.1) is 46.3 Å². The number of hydrogen-bond acceptors (Lipinski definition) is 6. The molecule has 0 bridgehead atoms. The molecule has 100 valence electrons. The average Bonchev–Trinajstić information content (AvgIpc) is 2.49. The Bertz CT molecular complexity index is 577. The Morgan fingerprint density at radius 2 is 0.700 bits per heavy atom. The molecule has 0 atom stereocenters. The molecule has 20 heavy (non-hydrogen) atoms. The summed E-state index contributed by atoms with van der Waals surface area (Å²) in [7, 11) is 0. The summed E-state index contributed by atoms with van der Waals surface area (Å²) < 4.78 is 6.34. The van der Waals surface area contributed by atoms with Crippen molar-refractivity contribution in [1.82, 2.24) is 0 Å². The summed E-state index contributed by atoms with van der Waals surface area (Å²) in [6, 6.07) is 14.0. The molecule has 0 amide bonds. The lowest BCUT2D eigenvalue weighted by atomic mass is 10.3. The summed E-state index contributed by atoms with van der Waals surface area (Å²) in [5, 5.41) is 15.5. The molecular weight excluding hydrogens is 299 g/mol. The first-order valence-corrected chi connectivity index (χ1v) is 6.15. The van der Waals surface area contributed by atoms with Crippen molar-refractivity contribution >= 4 is 46.3 Å². The van der Waals surface area contributed by atoms with E-state index in [2.05, 4.69) is 29.7 Å². The van der Waals surface area contributed by atoms with Crippen molar-refractivity contribution in [3.63, 3.8) is 0 Å². The number of azo groups is 1. The molecule has 0 fully saturated rings. The van der Waals surface area contributed by atoms with Crippen LogP contribution in [0.15, 0.2) is 78.3 Å². The monoisotopic (exact) mass is 306 g/mol. The van der Waals surface area contributed by atoms with Gasteiger partial charge < -0.3 is 0 Å². The number of rotatable bonds is 4. The summed E-state index contributed by atoms with van der Waals surface area (Å²) in [6.45, 7) is 0. The van der Waals surface area contributed by atoms with Crippen molar-refractivity contribution in [1.29, 1.82) is 0 Å². The Hall–Kier alpha value is -2.18. The third-order valence-corrected chi connectivity index (χ3v) is 2.44. The van der Waals surface area contributed by atoms with Crippen molar-refractivity contribution in [3.05, 3.63) is 48.5 Å². The van der Waals surface area contributed by atoms with Crippen LogP contribution in [0.1, 0.15) is 0 Å². The highest BCUT2D eigenvalue weighted by Gasteiger charge is 1.94. The topological polar surface area (TPSA) is 74.2 Å². The minimum Gasteiger partial charge on any atom is -0.151 e. The maximum absolute atomic E-state index is 5.15. The van der Waals surface area contributed by atoms with Crippen molar-refractivity contribution in [2.45, 2.75) is 0 Å². The van der Waals surface area contributed by atoms with Gasteiger partial charge in [-0.3, -0.25) is 0 Å². The zero-order valence-corrected chi connectivity index (χ0v) is 11.6. The van der Waals surface area contributed by atoms with Gasteiger partial charge in [0.2, 0.25) is 0 Å². The van der Waals surface area contributed by atoms with E-state index in [9.17, 15) is 0 Å². The third-order valence-electron chi connectivity index (χ3n) is 2.29. The highest BCUT2D eigenvalue weighted by molar-refractivity contribution is 6.14. The van der Waals surface area contributed by atoms with Crippen molar-refractivity contribution in [2.75, 3.05) is 0 Å². The normalized spacial score (nSPS) is 11.9. The van der Waals surface area contributed by atoms with Crippen LogP contribution in [0, 0.1) is 0 Å². The van der Waals surface area contributed by atoms with E-state index in [4.69, 9.17) is 23.6 Å². The van der Waals surface area contributed by atoms with Crippen LogP contribution >= 0.6 is 23.6 Å². The smallest absolute Gasteiger partial charge is 0.0869 e. The van der Waals surface area contributed by atoms with E-state index in [1.54, 1.807) is 48.5 Å². The predicted molar refractivity (Wildman–Crippen MR) is 77.8 cm³/mol. The standard InChI is InChI=1S/C12H8Cl2N6/c13-19-17-11-5-1-9(2-6-11)15-16-10-3-7-12(8-4-10)18-20-14/h1-8H/b16-15+,19-17+,20-18+. The molecule has 0 aliphatic carbocycles. The first-order valence-electron chi connectivity index (χ1n) is 5.48. The SMILES string of the molecule is Cl/N=N/c1ccc(/N=N/c2ccc(/N=N/Cl)cc2)cc1. The van der Waals surface area contributed by atoms with Crippen LogP contribution in [0.5, 0.6) is 0 Å². The second-order valence-corrected chi connectivity index (χ2v) is 3.89. The zero-order valence-electron chi connectivity index (χ0n) is 10.1. The maximum atomic E-state index is 5.15. The molecule has 0 radical (unpaired) electrons. The third kappa shape index (κ3) is 4.18. The van der Waals surface area contributed by atoms with Gasteiger partial charge in [0, 0.05) is 0 Å². The van der Waals surface area contributed by atoms with Gasteiger partial charge in [-0.15, -0.1) is 10.2 Å². The lowest BCUT2D eigenvalue weighted by molar-refractivity contribution is 1.22. The lowest BCUT2D eigenvalue weighted by Gasteiger charge is -1.95.